The zero-order valence-corrected chi connectivity index (χ0v) is 24.7. The molecule has 0 bridgehead atoms. The number of hydrogen-bond donors (Lipinski definition) is 4. The lowest BCUT2D eigenvalue weighted by atomic mass is 10.0. The van der Waals surface area contributed by atoms with Gasteiger partial charge in [-0.3, -0.25) is 9.59 Å². The maximum Gasteiger partial charge on any atom is 0.419 e. The third kappa shape index (κ3) is 7.72. The summed E-state index contributed by atoms with van der Waals surface area (Å²) in [6.07, 6.45) is -9.79. The van der Waals surface area contributed by atoms with Crippen LogP contribution in [-0.2, 0) is 18.9 Å². The number of aliphatic hydroxyl groups excluding tert-OH is 1. The summed E-state index contributed by atoms with van der Waals surface area (Å²) in [5, 5.41) is 17.4. The molecule has 0 saturated heterocycles. The van der Waals surface area contributed by atoms with Crippen LogP contribution in [0.3, 0.4) is 0 Å². The minimum absolute atomic E-state index is 0.00424. The first kappa shape index (κ1) is 33.7. The van der Waals surface area contributed by atoms with Crippen LogP contribution in [0.15, 0.2) is 54.6 Å². The number of ether oxygens (including phenoxy) is 1. The number of methoxy groups -OCH3 is 1. The Morgan fingerprint density at radius 3 is 2.22 bits per heavy atom. The number of alkyl halides is 6. The van der Waals surface area contributed by atoms with E-state index in [4.69, 9.17) is 4.74 Å². The first-order chi connectivity index (χ1) is 20.9. The molecule has 2 amide bonds. The van der Waals surface area contributed by atoms with Crippen LogP contribution in [0.25, 0.3) is 10.1 Å². The monoisotopic (exact) mass is 657 g/mol. The van der Waals surface area contributed by atoms with E-state index in [-0.39, 0.29) is 45.1 Å². The van der Waals surface area contributed by atoms with Crippen molar-refractivity contribution in [2.75, 3.05) is 24.4 Å². The first-order valence-electron chi connectivity index (χ1n) is 13.1. The molecule has 0 unspecified atom stereocenters. The average Bonchev–Trinajstić information content (AvgIpc) is 3.33. The van der Waals surface area contributed by atoms with Crippen molar-refractivity contribution in [3.05, 3.63) is 87.5 Å². The molecule has 0 saturated carbocycles. The van der Waals surface area contributed by atoms with Crippen LogP contribution in [-0.4, -0.2) is 36.2 Å². The normalized spacial score (nSPS) is 12.3. The summed E-state index contributed by atoms with van der Waals surface area (Å²) in [4.78, 5) is 26.6. The molecule has 1 aromatic heterocycles. The largest absolute Gasteiger partial charge is 0.496 e. The summed E-state index contributed by atoms with van der Waals surface area (Å²) >= 11 is 0.570. The van der Waals surface area contributed by atoms with Crippen LogP contribution in [0.2, 0.25) is 0 Å². The van der Waals surface area contributed by atoms with Crippen LogP contribution in [0, 0.1) is 5.82 Å². The Hall–Kier alpha value is -4.21. The van der Waals surface area contributed by atoms with E-state index in [0.717, 1.165) is 24.3 Å². The second-order valence-electron chi connectivity index (χ2n) is 10.5. The van der Waals surface area contributed by atoms with Crippen LogP contribution in [0.1, 0.15) is 50.6 Å². The van der Waals surface area contributed by atoms with Gasteiger partial charge in [0.15, 0.2) is 0 Å². The number of amides is 2. The van der Waals surface area contributed by atoms with Crippen LogP contribution >= 0.6 is 11.3 Å². The van der Waals surface area contributed by atoms with Crippen molar-refractivity contribution in [2.45, 2.75) is 38.3 Å². The summed E-state index contributed by atoms with van der Waals surface area (Å²) in [5.74, 6) is -3.30. The number of thiophene rings is 1. The Kier molecular flexibility index (Phi) is 9.47. The van der Waals surface area contributed by atoms with Gasteiger partial charge in [-0.2, -0.15) is 26.3 Å². The van der Waals surface area contributed by atoms with Gasteiger partial charge < -0.3 is 25.8 Å². The van der Waals surface area contributed by atoms with Gasteiger partial charge in [0.2, 0.25) is 0 Å². The minimum atomic E-state index is -5.06. The van der Waals surface area contributed by atoms with E-state index in [2.05, 4.69) is 16.0 Å². The van der Waals surface area contributed by atoms with Crippen molar-refractivity contribution >= 4 is 44.6 Å². The SMILES string of the molecule is COc1ccc(CNC(C)(C)CO)cc1C(=O)Nc1c(C(=O)Nc2ccc(F)c(C(F)(F)F)c2)sc2cc(C(F)(F)F)ccc12. The molecule has 15 heteroatoms. The van der Waals surface area contributed by atoms with E-state index in [0.29, 0.717) is 29.0 Å². The number of benzene rings is 3. The lowest BCUT2D eigenvalue weighted by Crippen LogP contribution is -2.42. The second-order valence-corrected chi connectivity index (χ2v) is 11.6. The predicted molar refractivity (Wildman–Crippen MR) is 155 cm³/mol. The van der Waals surface area contributed by atoms with Gasteiger partial charge in [0.05, 0.1) is 36.1 Å². The molecule has 4 rings (SSSR count). The van der Waals surface area contributed by atoms with Gasteiger partial charge in [0.25, 0.3) is 11.8 Å². The number of anilines is 2. The van der Waals surface area contributed by atoms with Gasteiger partial charge in [-0.25, -0.2) is 4.39 Å². The molecule has 4 aromatic rings. The summed E-state index contributed by atoms with van der Waals surface area (Å²) in [6.45, 7) is 3.60. The number of halogens is 7. The molecule has 0 radical (unpaired) electrons. The molecule has 0 aliphatic heterocycles. The summed E-state index contributed by atoms with van der Waals surface area (Å²) in [5.41, 5.74) is -3.32. The molecule has 0 spiro atoms. The van der Waals surface area contributed by atoms with E-state index in [1.165, 1.54) is 19.2 Å². The highest BCUT2D eigenvalue weighted by atomic mass is 32.1. The molecule has 1 heterocycles. The molecule has 45 heavy (non-hydrogen) atoms. The van der Waals surface area contributed by atoms with Crippen molar-refractivity contribution in [1.82, 2.24) is 5.32 Å². The third-order valence-corrected chi connectivity index (χ3v) is 7.82. The Balaban J connectivity index is 1.75. The molecular weight excluding hydrogens is 631 g/mol. The molecule has 0 fully saturated rings. The molecule has 0 atom stereocenters. The molecular formula is C30H26F7N3O4S. The zero-order chi connectivity index (χ0) is 33.3. The average molecular weight is 658 g/mol. The van der Waals surface area contributed by atoms with Gasteiger partial charge in [-0.1, -0.05) is 12.1 Å². The standard InChI is InChI=1S/C30H26F7N3O4S/c1-28(2,14-41)38-13-15-4-9-22(44-3)19(10-15)26(42)40-24-18-7-5-16(29(32,33)34)11-23(18)45-25(24)27(43)39-17-6-8-21(31)20(12-17)30(35,36)37/h4-12,38,41H,13-14H2,1-3H3,(H,39,43)(H,40,42). The Bertz CT molecular complexity index is 1750. The number of nitrogens with one attached hydrogen (secondary N) is 3. The van der Waals surface area contributed by atoms with Crippen molar-refractivity contribution in [3.8, 4) is 5.75 Å². The Labute approximate surface area is 256 Å². The fraction of sp³-hybridized carbons (Fsp3) is 0.267. The Morgan fingerprint density at radius 2 is 1.60 bits per heavy atom. The topological polar surface area (TPSA) is 99.7 Å². The summed E-state index contributed by atoms with van der Waals surface area (Å²) in [7, 11) is 1.31. The van der Waals surface area contributed by atoms with Crippen molar-refractivity contribution in [2.24, 2.45) is 0 Å². The van der Waals surface area contributed by atoms with Crippen LogP contribution in [0.4, 0.5) is 42.1 Å². The molecule has 3 aromatic carbocycles. The number of fused-ring (bicyclic) bond motifs is 1. The molecule has 0 aliphatic rings. The van der Waals surface area contributed by atoms with Gasteiger partial charge in [0.1, 0.15) is 16.4 Å². The lowest BCUT2D eigenvalue weighted by Gasteiger charge is -2.23. The van der Waals surface area contributed by atoms with Crippen molar-refractivity contribution in [1.29, 1.82) is 0 Å². The third-order valence-electron chi connectivity index (χ3n) is 6.67. The lowest BCUT2D eigenvalue weighted by molar-refractivity contribution is -0.140. The molecule has 4 N–H and O–H groups in total. The van der Waals surface area contributed by atoms with Crippen LogP contribution in [0.5, 0.6) is 5.75 Å². The van der Waals surface area contributed by atoms with Crippen molar-refractivity contribution in [3.63, 3.8) is 0 Å². The number of carbonyl (C=O) groups excluding carboxylic acids is 2. The number of carbonyl (C=O) groups is 2. The number of hydrogen-bond acceptors (Lipinski definition) is 6. The highest BCUT2D eigenvalue weighted by molar-refractivity contribution is 7.21. The number of aliphatic hydroxyl groups is 1. The zero-order valence-electron chi connectivity index (χ0n) is 23.8. The molecule has 240 valence electrons. The van der Waals surface area contributed by atoms with Crippen LogP contribution < -0.4 is 20.7 Å². The van der Waals surface area contributed by atoms with E-state index in [1.807, 2.05) is 0 Å². The minimum Gasteiger partial charge on any atom is -0.496 e. The van der Waals surface area contributed by atoms with Crippen molar-refractivity contribution < 1.29 is 50.2 Å². The highest BCUT2D eigenvalue weighted by Crippen LogP contribution is 2.41. The maximum absolute atomic E-state index is 13.8. The first-order valence-corrected chi connectivity index (χ1v) is 13.9. The summed E-state index contributed by atoms with van der Waals surface area (Å²) in [6, 6.07) is 9.06. The van der Waals surface area contributed by atoms with E-state index in [1.54, 1.807) is 19.9 Å². The molecule has 0 aliphatic carbocycles. The van der Waals surface area contributed by atoms with Gasteiger partial charge in [-0.15, -0.1) is 11.3 Å². The number of rotatable bonds is 9. The second kappa shape index (κ2) is 12.7. The quantitative estimate of drug-likeness (QED) is 0.140. The van der Waals surface area contributed by atoms with Gasteiger partial charge in [0, 0.05) is 27.9 Å². The fourth-order valence-electron chi connectivity index (χ4n) is 4.19. The summed E-state index contributed by atoms with van der Waals surface area (Å²) < 4.78 is 99.1. The predicted octanol–water partition coefficient (Wildman–Crippen LogP) is 7.45. The van der Waals surface area contributed by atoms with Gasteiger partial charge >= 0.3 is 12.4 Å². The molecule has 7 nitrogen and oxygen atoms in total. The highest BCUT2D eigenvalue weighted by Gasteiger charge is 2.35. The van der Waals surface area contributed by atoms with E-state index in [9.17, 15) is 45.4 Å². The Morgan fingerprint density at radius 1 is 0.889 bits per heavy atom. The van der Waals surface area contributed by atoms with E-state index >= 15 is 0 Å². The van der Waals surface area contributed by atoms with Gasteiger partial charge in [-0.05, 0) is 61.9 Å². The fourth-order valence-corrected chi connectivity index (χ4v) is 5.28. The smallest absolute Gasteiger partial charge is 0.419 e. The van der Waals surface area contributed by atoms with E-state index < -0.39 is 52.3 Å². The maximum atomic E-state index is 13.8.